The average Bonchev–Trinajstić information content (AvgIpc) is 3.76. The fourth-order valence-electron chi connectivity index (χ4n) is 3.95. The van der Waals surface area contributed by atoms with Crippen LogP contribution in [0.5, 0.6) is 0 Å². The molecule has 0 aliphatic carbocycles. The molecule has 0 radical (unpaired) electrons. The summed E-state index contributed by atoms with van der Waals surface area (Å²) in [6, 6.07) is 5.95. The molecule has 0 aromatic carbocycles. The van der Waals surface area contributed by atoms with E-state index < -0.39 is 0 Å². The maximum absolute atomic E-state index is 5.70. The number of rotatable bonds is 28. The van der Waals surface area contributed by atoms with Gasteiger partial charge in [0.1, 0.15) is 51.1 Å². The third-order valence-corrected chi connectivity index (χ3v) is 6.22. The maximum atomic E-state index is 5.70. The van der Waals surface area contributed by atoms with Gasteiger partial charge in [0.25, 0.3) is 0 Å². The van der Waals surface area contributed by atoms with Gasteiger partial charge in [0.15, 0.2) is 0 Å². The molecule has 46 heavy (non-hydrogen) atoms. The molecule has 13 heteroatoms. The Morgan fingerprint density at radius 2 is 0.870 bits per heavy atom. The van der Waals surface area contributed by atoms with Crippen LogP contribution in [0.1, 0.15) is 0 Å². The Kier molecular flexibility index (Phi) is 19.7. The Bertz CT molecular complexity index is 1190. The van der Waals surface area contributed by atoms with E-state index in [1.54, 1.807) is 0 Å². The van der Waals surface area contributed by atoms with Gasteiger partial charge in [0.05, 0.1) is 92.5 Å². The molecular formula is C33H47N5O8+2. The lowest BCUT2D eigenvalue weighted by Crippen LogP contribution is -2.34. The Labute approximate surface area is 271 Å². The predicted molar refractivity (Wildman–Crippen MR) is 167 cm³/mol. The fraction of sp³-hybridized carbons (Fsp3) is 0.545. The number of hydrogen-bond donors (Lipinski definition) is 0. The highest BCUT2D eigenvalue weighted by atomic mass is 16.6. The van der Waals surface area contributed by atoms with E-state index in [-0.39, 0.29) is 0 Å². The van der Waals surface area contributed by atoms with Crippen molar-refractivity contribution in [1.82, 2.24) is 14.1 Å². The number of ether oxygens (including phenoxy) is 8. The van der Waals surface area contributed by atoms with Crippen LogP contribution in [0.15, 0.2) is 55.6 Å². The lowest BCUT2D eigenvalue weighted by molar-refractivity contribution is -0.697. The molecule has 0 spiro atoms. The van der Waals surface area contributed by atoms with Crippen molar-refractivity contribution in [3.63, 3.8) is 0 Å². The Morgan fingerprint density at radius 1 is 0.522 bits per heavy atom. The summed E-state index contributed by atoms with van der Waals surface area (Å²) in [5, 5.41) is 0. The first-order chi connectivity index (χ1) is 22.8. The molecule has 0 amide bonds. The van der Waals surface area contributed by atoms with E-state index in [0.717, 1.165) is 24.7 Å². The number of hydrogen-bond acceptors (Lipinski definition) is 9. The van der Waals surface area contributed by atoms with E-state index in [2.05, 4.69) is 21.0 Å². The highest BCUT2D eigenvalue weighted by molar-refractivity contribution is 5.31. The summed E-state index contributed by atoms with van der Waals surface area (Å²) in [6.45, 7) is 9.32. The van der Waals surface area contributed by atoms with Gasteiger partial charge in [-0.05, 0) is 0 Å². The summed E-state index contributed by atoms with van der Waals surface area (Å²) in [4.78, 5) is 4.83. The Hall–Kier alpha value is -3.63. The molecule has 0 fully saturated rings. The van der Waals surface area contributed by atoms with Crippen LogP contribution >= 0.6 is 0 Å². The molecule has 13 nitrogen and oxygen atoms in total. The predicted octanol–water partition coefficient (Wildman–Crippen LogP) is 0.637. The van der Waals surface area contributed by atoms with Crippen LogP contribution in [0.2, 0.25) is 0 Å². The van der Waals surface area contributed by atoms with E-state index in [9.17, 15) is 0 Å². The van der Waals surface area contributed by atoms with Crippen LogP contribution in [0.25, 0.3) is 11.6 Å². The Morgan fingerprint density at radius 3 is 1.24 bits per heavy atom. The molecule has 250 valence electrons. The number of aromatic nitrogens is 5. The Balaban J connectivity index is 1.25. The summed E-state index contributed by atoms with van der Waals surface area (Å²) in [7, 11) is 0. The van der Waals surface area contributed by atoms with Gasteiger partial charge in [-0.1, -0.05) is 17.9 Å². The molecule has 0 N–H and O–H groups in total. The van der Waals surface area contributed by atoms with Crippen molar-refractivity contribution in [2.45, 2.75) is 13.1 Å². The van der Waals surface area contributed by atoms with Gasteiger partial charge in [0.2, 0.25) is 24.3 Å². The van der Waals surface area contributed by atoms with Gasteiger partial charge in [-0.2, -0.15) is 14.1 Å². The molecule has 3 aromatic rings. The number of terminal acetylenes is 2. The monoisotopic (exact) mass is 641 g/mol. The van der Waals surface area contributed by atoms with Crippen molar-refractivity contribution >= 4 is 0 Å². The maximum Gasteiger partial charge on any atom is 0.250 e. The highest BCUT2D eigenvalue weighted by Gasteiger charge is 2.13. The van der Waals surface area contributed by atoms with Crippen molar-refractivity contribution in [2.75, 3.05) is 106 Å². The first-order valence-electron chi connectivity index (χ1n) is 15.4. The van der Waals surface area contributed by atoms with E-state index in [1.807, 2.05) is 64.8 Å². The van der Waals surface area contributed by atoms with Crippen LogP contribution in [-0.4, -0.2) is 120 Å². The second-order valence-electron chi connectivity index (χ2n) is 9.66. The molecule has 0 unspecified atom stereocenters. The van der Waals surface area contributed by atoms with Gasteiger partial charge in [-0.3, -0.25) is 0 Å². The van der Waals surface area contributed by atoms with Gasteiger partial charge in [-0.25, -0.2) is 9.13 Å². The fourth-order valence-corrected chi connectivity index (χ4v) is 3.95. The first-order valence-corrected chi connectivity index (χ1v) is 15.4. The number of nitrogens with zero attached hydrogens (tertiary/aromatic N) is 5. The summed E-state index contributed by atoms with van der Waals surface area (Å²) < 4.78 is 51.6. The molecule has 3 rings (SSSR count). The van der Waals surface area contributed by atoms with E-state index >= 15 is 0 Å². The van der Waals surface area contributed by atoms with Crippen LogP contribution in [0.4, 0.5) is 0 Å². The summed E-state index contributed by atoms with van der Waals surface area (Å²) in [5.74, 6) is 6.46. The van der Waals surface area contributed by atoms with Crippen molar-refractivity contribution in [2.24, 2.45) is 0 Å². The molecule has 0 aliphatic rings. The van der Waals surface area contributed by atoms with E-state index in [1.165, 1.54) is 0 Å². The van der Waals surface area contributed by atoms with Crippen molar-refractivity contribution < 1.29 is 47.0 Å². The van der Waals surface area contributed by atoms with Gasteiger partial charge >= 0.3 is 0 Å². The van der Waals surface area contributed by atoms with Crippen LogP contribution in [0, 0.1) is 24.7 Å². The van der Waals surface area contributed by atoms with Gasteiger partial charge in [-0.15, -0.1) is 12.8 Å². The molecule has 3 heterocycles. The molecule has 0 aliphatic heterocycles. The summed E-state index contributed by atoms with van der Waals surface area (Å²) in [5.41, 5.74) is 0. The zero-order valence-electron chi connectivity index (χ0n) is 26.6. The van der Waals surface area contributed by atoms with E-state index in [0.29, 0.717) is 106 Å². The quantitative estimate of drug-likeness (QED) is 0.0642. The van der Waals surface area contributed by atoms with Crippen LogP contribution < -0.4 is 9.13 Å². The van der Waals surface area contributed by atoms with Crippen molar-refractivity contribution in [3.05, 3.63) is 55.6 Å². The third-order valence-electron chi connectivity index (χ3n) is 6.22. The van der Waals surface area contributed by atoms with Crippen LogP contribution in [-0.2, 0) is 51.0 Å². The minimum Gasteiger partial charge on any atom is -0.377 e. The summed E-state index contributed by atoms with van der Waals surface area (Å²) >= 11 is 0. The normalized spacial score (nSPS) is 11.1. The second-order valence-corrected chi connectivity index (χ2v) is 9.66. The molecule has 3 aromatic heterocycles. The minimum atomic E-state index is 0.306. The largest absolute Gasteiger partial charge is 0.377 e. The lowest BCUT2D eigenvalue weighted by Gasteiger charge is -2.06. The standard InChI is InChI=1S/C33H47N5O8/c1-3-14-39-18-22-43-26-28-45-24-20-41-16-12-35-8-10-37(30-35)32-6-5-7-33(34-32)38-11-9-36(31-38)13-17-42-21-25-46-29-27-44-23-19-40-15-4-2/h1-2,5-11,30-31H,12-29H2/q+2. The zero-order valence-corrected chi connectivity index (χ0v) is 26.6. The highest BCUT2D eigenvalue weighted by Crippen LogP contribution is 2.08. The zero-order chi connectivity index (χ0) is 32.3. The molecule has 0 saturated carbocycles. The molecule has 0 atom stereocenters. The lowest BCUT2D eigenvalue weighted by atomic mass is 10.4. The topological polar surface area (TPSA) is 104 Å². The second kappa shape index (κ2) is 24.6. The van der Waals surface area contributed by atoms with Crippen molar-refractivity contribution in [1.29, 1.82) is 0 Å². The van der Waals surface area contributed by atoms with Crippen LogP contribution in [0.3, 0.4) is 0 Å². The summed E-state index contributed by atoms with van der Waals surface area (Å²) in [6.07, 6.45) is 22.2. The third kappa shape index (κ3) is 16.1. The van der Waals surface area contributed by atoms with Crippen molar-refractivity contribution in [3.8, 4) is 36.3 Å². The number of imidazole rings is 2. The molecular weight excluding hydrogens is 594 g/mol. The first kappa shape index (κ1) is 36.8. The SMILES string of the molecule is C#CCOCCOCCOCCOCC[n+]1ccn(-c2cccc(-n3cc[n+](CCOCCOCCOCCOCC#C)c3)n2)c1. The minimum absolute atomic E-state index is 0.306. The smallest absolute Gasteiger partial charge is 0.250 e. The van der Waals surface area contributed by atoms with Gasteiger partial charge in [0, 0.05) is 12.1 Å². The van der Waals surface area contributed by atoms with Gasteiger partial charge < -0.3 is 37.9 Å². The molecule has 0 bridgehead atoms. The molecule has 0 saturated heterocycles. The van der Waals surface area contributed by atoms with E-state index in [4.69, 9.17) is 55.7 Å². The number of pyridine rings is 1. The average molecular weight is 642 g/mol.